The van der Waals surface area contributed by atoms with Gasteiger partial charge in [-0.25, -0.2) is 14.8 Å². The summed E-state index contributed by atoms with van der Waals surface area (Å²) in [4.78, 5) is 21.3. The molecule has 0 radical (unpaired) electrons. The molecular weight excluding hydrogens is 344 g/mol. The number of carbonyl (C=O) groups is 1. The number of anilines is 1. The van der Waals surface area contributed by atoms with E-state index in [4.69, 9.17) is 9.72 Å². The van der Waals surface area contributed by atoms with E-state index in [1.54, 1.807) is 17.8 Å². The third kappa shape index (κ3) is 2.61. The van der Waals surface area contributed by atoms with Crippen LogP contribution in [-0.2, 0) is 4.74 Å². The highest BCUT2D eigenvalue weighted by Gasteiger charge is 2.20. The largest absolute Gasteiger partial charge is 0.465 e. The topological polar surface area (TPSA) is 86.3 Å². The summed E-state index contributed by atoms with van der Waals surface area (Å²) in [6.45, 7) is 4.22. The van der Waals surface area contributed by atoms with Crippen LogP contribution in [0.1, 0.15) is 30.2 Å². The molecule has 0 atom stereocenters. The molecular formula is C19H20N6O2. The van der Waals surface area contributed by atoms with Gasteiger partial charge in [0.2, 0.25) is 0 Å². The van der Waals surface area contributed by atoms with Crippen LogP contribution in [0.3, 0.4) is 0 Å². The van der Waals surface area contributed by atoms with E-state index < -0.39 is 5.97 Å². The Bertz CT molecular complexity index is 1160. The lowest BCUT2D eigenvalue weighted by atomic mass is 10.1. The number of nitrogens with zero attached hydrogens (tertiary/aromatic N) is 5. The molecule has 0 bridgehead atoms. The second kappa shape index (κ2) is 6.39. The summed E-state index contributed by atoms with van der Waals surface area (Å²) >= 11 is 0. The van der Waals surface area contributed by atoms with Gasteiger partial charge in [0.05, 0.1) is 19.0 Å². The van der Waals surface area contributed by atoms with Crippen LogP contribution in [-0.4, -0.2) is 44.3 Å². The third-order valence-electron chi connectivity index (χ3n) is 4.56. The molecule has 0 aliphatic rings. The van der Waals surface area contributed by atoms with Crippen molar-refractivity contribution >= 4 is 28.5 Å². The summed E-state index contributed by atoms with van der Waals surface area (Å²) in [6, 6.07) is 6.10. The maximum Gasteiger partial charge on any atom is 0.343 e. The Balaban J connectivity index is 2.02. The van der Waals surface area contributed by atoms with E-state index in [1.807, 2.05) is 18.2 Å². The van der Waals surface area contributed by atoms with Gasteiger partial charge in [-0.05, 0) is 26.0 Å². The Morgan fingerprint density at radius 2 is 2.11 bits per heavy atom. The lowest BCUT2D eigenvalue weighted by Gasteiger charge is -2.08. The first-order valence-electron chi connectivity index (χ1n) is 8.66. The van der Waals surface area contributed by atoms with Gasteiger partial charge in [0.1, 0.15) is 17.0 Å². The fraction of sp³-hybridized carbons (Fsp3) is 0.263. The number of ether oxygens (including phenoxy) is 1. The normalized spacial score (nSPS) is 11.4. The molecule has 0 saturated carbocycles. The van der Waals surface area contributed by atoms with Crippen molar-refractivity contribution in [1.29, 1.82) is 0 Å². The number of esters is 1. The molecule has 0 saturated heterocycles. The molecule has 138 valence electrons. The minimum atomic E-state index is -0.469. The molecule has 27 heavy (non-hydrogen) atoms. The number of hydrogen-bond donors (Lipinski definition) is 1. The lowest BCUT2D eigenvalue weighted by Crippen LogP contribution is -2.05. The molecule has 0 amide bonds. The zero-order valence-corrected chi connectivity index (χ0v) is 15.6. The quantitative estimate of drug-likeness (QED) is 0.560. The van der Waals surface area contributed by atoms with E-state index in [-0.39, 0.29) is 6.04 Å². The van der Waals surface area contributed by atoms with Crippen LogP contribution < -0.4 is 5.32 Å². The third-order valence-corrected chi connectivity index (χ3v) is 4.56. The van der Waals surface area contributed by atoms with E-state index in [0.29, 0.717) is 11.2 Å². The first-order chi connectivity index (χ1) is 13.0. The van der Waals surface area contributed by atoms with Crippen LogP contribution >= 0.6 is 0 Å². The monoisotopic (exact) mass is 364 g/mol. The summed E-state index contributed by atoms with van der Waals surface area (Å²) < 4.78 is 8.57. The van der Waals surface area contributed by atoms with Crippen LogP contribution in [0.4, 0.5) is 5.82 Å². The van der Waals surface area contributed by atoms with Gasteiger partial charge >= 0.3 is 5.97 Å². The van der Waals surface area contributed by atoms with Crippen molar-refractivity contribution in [2.75, 3.05) is 19.5 Å². The van der Waals surface area contributed by atoms with Crippen molar-refractivity contribution in [1.82, 2.24) is 24.1 Å². The predicted molar refractivity (Wildman–Crippen MR) is 103 cm³/mol. The fourth-order valence-corrected chi connectivity index (χ4v) is 3.21. The molecule has 0 aliphatic heterocycles. The SMILES string of the molecule is CNc1cc(-c2cn(C(C)C)c3ncccc23)nc2c(C(=O)OC)cnn12. The van der Waals surface area contributed by atoms with Crippen molar-refractivity contribution < 1.29 is 9.53 Å². The van der Waals surface area contributed by atoms with Crippen LogP contribution in [0.5, 0.6) is 0 Å². The highest BCUT2D eigenvalue weighted by Crippen LogP contribution is 2.32. The molecule has 0 aromatic carbocycles. The molecule has 4 rings (SSSR count). The Morgan fingerprint density at radius 1 is 1.30 bits per heavy atom. The van der Waals surface area contributed by atoms with E-state index in [0.717, 1.165) is 28.1 Å². The summed E-state index contributed by atoms with van der Waals surface area (Å²) in [5.74, 6) is 0.252. The zero-order valence-electron chi connectivity index (χ0n) is 15.6. The number of fused-ring (bicyclic) bond motifs is 2. The molecule has 0 unspecified atom stereocenters. The molecule has 0 aliphatic carbocycles. The van der Waals surface area contributed by atoms with E-state index in [2.05, 4.69) is 40.0 Å². The summed E-state index contributed by atoms with van der Waals surface area (Å²) in [5, 5.41) is 8.38. The Hall–Kier alpha value is -3.42. The standard InChI is InChI=1S/C19H20N6O2/c1-11(2)24-10-14(12-6-5-7-21-17(12)24)15-8-16(20-3)25-18(23-15)13(9-22-25)19(26)27-4/h5-11,20H,1-4H3. The summed E-state index contributed by atoms with van der Waals surface area (Å²) in [6.07, 6.45) is 5.31. The molecule has 8 heteroatoms. The Morgan fingerprint density at radius 3 is 2.81 bits per heavy atom. The van der Waals surface area contributed by atoms with Crippen LogP contribution in [0.25, 0.3) is 27.9 Å². The van der Waals surface area contributed by atoms with Crippen molar-refractivity contribution in [2.45, 2.75) is 19.9 Å². The van der Waals surface area contributed by atoms with Gasteiger partial charge in [-0.3, -0.25) is 0 Å². The van der Waals surface area contributed by atoms with Crippen molar-refractivity contribution in [3.05, 3.63) is 42.4 Å². The number of aromatic nitrogens is 5. The van der Waals surface area contributed by atoms with Crippen LogP contribution in [0.2, 0.25) is 0 Å². The maximum atomic E-state index is 12.1. The number of methoxy groups -OCH3 is 1. The molecule has 4 aromatic heterocycles. The van der Waals surface area contributed by atoms with E-state index >= 15 is 0 Å². The number of nitrogens with one attached hydrogen (secondary N) is 1. The van der Waals surface area contributed by atoms with Gasteiger partial charge in [-0.15, -0.1) is 0 Å². The van der Waals surface area contributed by atoms with Crippen molar-refractivity contribution in [3.8, 4) is 11.3 Å². The minimum Gasteiger partial charge on any atom is -0.465 e. The van der Waals surface area contributed by atoms with E-state index in [1.165, 1.54) is 13.3 Å². The summed E-state index contributed by atoms with van der Waals surface area (Å²) in [5.41, 5.74) is 3.34. The second-order valence-electron chi connectivity index (χ2n) is 6.48. The van der Waals surface area contributed by atoms with Gasteiger partial charge in [0.25, 0.3) is 0 Å². The number of rotatable bonds is 4. The minimum absolute atomic E-state index is 0.254. The van der Waals surface area contributed by atoms with Crippen molar-refractivity contribution in [2.24, 2.45) is 0 Å². The van der Waals surface area contributed by atoms with Gasteiger partial charge in [0.15, 0.2) is 5.65 Å². The highest BCUT2D eigenvalue weighted by atomic mass is 16.5. The predicted octanol–water partition coefficient (Wildman–Crippen LogP) is 3.16. The Kier molecular flexibility index (Phi) is 4.02. The molecule has 4 heterocycles. The molecule has 4 aromatic rings. The maximum absolute atomic E-state index is 12.1. The first-order valence-corrected chi connectivity index (χ1v) is 8.66. The highest BCUT2D eigenvalue weighted by molar-refractivity contribution is 5.97. The van der Waals surface area contributed by atoms with E-state index in [9.17, 15) is 4.79 Å². The lowest BCUT2D eigenvalue weighted by molar-refractivity contribution is 0.0602. The van der Waals surface area contributed by atoms with Crippen molar-refractivity contribution in [3.63, 3.8) is 0 Å². The second-order valence-corrected chi connectivity index (χ2v) is 6.48. The Labute approximate surface area is 155 Å². The number of hydrogen-bond acceptors (Lipinski definition) is 6. The number of pyridine rings is 1. The van der Waals surface area contributed by atoms with Crippen LogP contribution in [0, 0.1) is 0 Å². The van der Waals surface area contributed by atoms with Gasteiger partial charge in [-0.2, -0.15) is 9.61 Å². The number of carbonyl (C=O) groups excluding carboxylic acids is 1. The molecule has 0 fully saturated rings. The smallest absolute Gasteiger partial charge is 0.343 e. The fourth-order valence-electron chi connectivity index (χ4n) is 3.21. The van der Waals surface area contributed by atoms with Crippen LogP contribution in [0.15, 0.2) is 36.8 Å². The zero-order chi connectivity index (χ0) is 19.1. The molecule has 0 spiro atoms. The average Bonchev–Trinajstić information content (AvgIpc) is 3.28. The molecule has 8 nitrogen and oxygen atoms in total. The first kappa shape index (κ1) is 17.0. The summed E-state index contributed by atoms with van der Waals surface area (Å²) in [7, 11) is 3.15. The van der Waals surface area contributed by atoms with Gasteiger partial charge in [-0.1, -0.05) is 0 Å². The average molecular weight is 364 g/mol. The molecule has 1 N–H and O–H groups in total. The van der Waals surface area contributed by atoms with Gasteiger partial charge < -0.3 is 14.6 Å². The van der Waals surface area contributed by atoms with Gasteiger partial charge in [0, 0.05) is 42.5 Å².